The Kier molecular flexibility index (Phi) is 5.76. The van der Waals surface area contributed by atoms with E-state index in [0.717, 1.165) is 12.4 Å². The van der Waals surface area contributed by atoms with Crippen molar-refractivity contribution in [2.75, 3.05) is 5.75 Å². The van der Waals surface area contributed by atoms with Crippen molar-refractivity contribution in [3.05, 3.63) is 18.7 Å². The summed E-state index contributed by atoms with van der Waals surface area (Å²) in [6, 6.07) is 0. The highest BCUT2D eigenvalue weighted by atomic mass is 32.2. The van der Waals surface area contributed by atoms with Gasteiger partial charge in [0.1, 0.15) is 18.3 Å². The maximum atomic E-state index is 2.27. The zero-order valence-corrected chi connectivity index (χ0v) is 10.1. The molecule has 0 atom stereocenters. The van der Waals surface area contributed by atoms with Crippen LogP contribution in [0.1, 0.15) is 33.1 Å². The number of nitrogens with zero attached hydrogens (tertiary/aromatic N) is 2. The van der Waals surface area contributed by atoms with Crippen molar-refractivity contribution in [2.45, 2.75) is 45.5 Å². The number of thioether (sulfide) groups is 1. The average Bonchev–Trinajstić information content (AvgIpc) is 2.63. The number of aryl methyl sites for hydroxylation is 1. The van der Waals surface area contributed by atoms with Gasteiger partial charge < -0.3 is 0 Å². The molecule has 0 aromatic carbocycles. The van der Waals surface area contributed by atoms with E-state index in [0.29, 0.717) is 0 Å². The Morgan fingerprint density at radius 1 is 1.29 bits per heavy atom. The number of hydrogen-bond acceptors (Lipinski definition) is 1. The van der Waals surface area contributed by atoms with E-state index in [-0.39, 0.29) is 0 Å². The van der Waals surface area contributed by atoms with Crippen molar-refractivity contribution in [3.8, 4) is 0 Å². The van der Waals surface area contributed by atoms with Crippen LogP contribution in [0.15, 0.2) is 18.7 Å². The lowest BCUT2D eigenvalue weighted by Crippen LogP contribution is -2.29. The molecule has 1 heterocycles. The van der Waals surface area contributed by atoms with Gasteiger partial charge in [-0.25, -0.2) is 9.13 Å². The van der Waals surface area contributed by atoms with Gasteiger partial charge >= 0.3 is 0 Å². The summed E-state index contributed by atoms with van der Waals surface area (Å²) in [6.07, 6.45) is 10.3. The Bertz CT molecular complexity index is 245. The van der Waals surface area contributed by atoms with E-state index < -0.39 is 0 Å². The molecule has 0 saturated heterocycles. The molecule has 1 aromatic heterocycles. The molecule has 0 radical (unpaired) electrons. The van der Waals surface area contributed by atoms with E-state index in [1.54, 1.807) is 0 Å². The lowest BCUT2D eigenvalue weighted by Gasteiger charge is -1.95. The summed E-state index contributed by atoms with van der Waals surface area (Å²) in [6.45, 7) is 5.61. The zero-order valence-electron chi connectivity index (χ0n) is 9.28. The van der Waals surface area contributed by atoms with Gasteiger partial charge in [-0.3, -0.25) is 0 Å². The molecule has 0 unspecified atom stereocenters. The normalized spacial score (nSPS) is 10.7. The predicted octanol–water partition coefficient (Wildman–Crippen LogP) is 2.68. The van der Waals surface area contributed by atoms with Crippen LogP contribution in [0.2, 0.25) is 0 Å². The number of imidazole rings is 1. The standard InChI is InChI=1S/C11H21N2S/c1-3-5-6-12-7-8-13(10-12)11-14-9-4-2/h7-8,10H,3-6,9,11H2,1-2H3/q+1. The lowest BCUT2D eigenvalue weighted by atomic mass is 10.3. The Hall–Kier alpha value is -0.440. The highest BCUT2D eigenvalue weighted by molar-refractivity contribution is 7.98. The Balaban J connectivity index is 2.27. The highest BCUT2D eigenvalue weighted by Crippen LogP contribution is 2.01. The number of unbranched alkanes of at least 4 members (excludes halogenated alkanes) is 1. The average molecular weight is 213 g/mol. The summed E-state index contributed by atoms with van der Waals surface area (Å²) in [5.74, 6) is 2.35. The van der Waals surface area contributed by atoms with Gasteiger partial charge in [-0.1, -0.05) is 20.3 Å². The summed E-state index contributed by atoms with van der Waals surface area (Å²) >= 11 is 1.99. The second kappa shape index (κ2) is 6.93. The van der Waals surface area contributed by atoms with Gasteiger partial charge in [0.05, 0.1) is 6.54 Å². The first kappa shape index (κ1) is 11.6. The topological polar surface area (TPSA) is 8.81 Å². The van der Waals surface area contributed by atoms with E-state index in [4.69, 9.17) is 0 Å². The molecular formula is C11H21N2S+. The molecule has 0 aliphatic rings. The molecule has 0 aliphatic heterocycles. The van der Waals surface area contributed by atoms with Gasteiger partial charge in [-0.15, -0.1) is 11.8 Å². The van der Waals surface area contributed by atoms with Crippen LogP contribution in [-0.4, -0.2) is 10.3 Å². The number of aromatic nitrogens is 2. The molecule has 0 fully saturated rings. The minimum absolute atomic E-state index is 1.09. The van der Waals surface area contributed by atoms with Crippen molar-refractivity contribution in [3.63, 3.8) is 0 Å². The van der Waals surface area contributed by atoms with Crippen LogP contribution >= 0.6 is 11.8 Å². The van der Waals surface area contributed by atoms with Crippen molar-refractivity contribution >= 4 is 11.8 Å². The second-order valence-corrected chi connectivity index (χ2v) is 4.63. The number of hydrogen-bond donors (Lipinski definition) is 0. The third kappa shape index (κ3) is 4.18. The van der Waals surface area contributed by atoms with Crippen molar-refractivity contribution < 1.29 is 4.57 Å². The Labute approximate surface area is 91.3 Å². The summed E-state index contributed by atoms with van der Waals surface area (Å²) in [5, 5.41) is 0. The minimum atomic E-state index is 1.09. The maximum Gasteiger partial charge on any atom is 0.244 e. The molecule has 1 aromatic rings. The molecule has 0 aliphatic carbocycles. The smallest absolute Gasteiger partial charge is 0.237 e. The van der Waals surface area contributed by atoms with Gasteiger partial charge in [0.15, 0.2) is 0 Å². The van der Waals surface area contributed by atoms with Gasteiger partial charge in [0, 0.05) is 0 Å². The van der Waals surface area contributed by atoms with E-state index in [9.17, 15) is 0 Å². The molecule has 80 valence electrons. The molecule has 2 nitrogen and oxygen atoms in total. The largest absolute Gasteiger partial charge is 0.244 e. The van der Waals surface area contributed by atoms with Crippen molar-refractivity contribution in [2.24, 2.45) is 0 Å². The molecule has 0 N–H and O–H groups in total. The zero-order chi connectivity index (χ0) is 10.2. The van der Waals surface area contributed by atoms with Gasteiger partial charge in [-0.2, -0.15) is 0 Å². The highest BCUT2D eigenvalue weighted by Gasteiger charge is 2.01. The fraction of sp³-hybridized carbons (Fsp3) is 0.727. The predicted molar refractivity (Wildman–Crippen MR) is 62.3 cm³/mol. The van der Waals surface area contributed by atoms with Crippen molar-refractivity contribution in [1.82, 2.24) is 4.57 Å². The van der Waals surface area contributed by atoms with E-state index >= 15 is 0 Å². The molecule has 0 saturated carbocycles. The molecule has 1 rings (SSSR count). The third-order valence-corrected chi connectivity index (χ3v) is 3.28. The van der Waals surface area contributed by atoms with Crippen LogP contribution in [0.3, 0.4) is 0 Å². The fourth-order valence-electron chi connectivity index (χ4n) is 1.30. The van der Waals surface area contributed by atoms with E-state index in [2.05, 4.69) is 41.7 Å². The van der Waals surface area contributed by atoms with Crippen LogP contribution < -0.4 is 4.57 Å². The third-order valence-electron chi connectivity index (χ3n) is 2.10. The Morgan fingerprint density at radius 3 is 2.86 bits per heavy atom. The van der Waals surface area contributed by atoms with Crippen LogP contribution in [0, 0.1) is 0 Å². The first-order valence-corrected chi connectivity index (χ1v) is 6.64. The Morgan fingerprint density at radius 2 is 2.14 bits per heavy atom. The van der Waals surface area contributed by atoms with Crippen LogP contribution in [0.25, 0.3) is 0 Å². The number of rotatable bonds is 7. The quantitative estimate of drug-likeness (QED) is 0.499. The maximum absolute atomic E-state index is 2.27. The molecule has 0 amide bonds. The van der Waals surface area contributed by atoms with Crippen LogP contribution in [-0.2, 0) is 12.4 Å². The molecule has 0 bridgehead atoms. The summed E-state index contributed by atoms with van der Waals surface area (Å²) < 4.78 is 4.53. The van der Waals surface area contributed by atoms with Gasteiger partial charge in [-0.05, 0) is 18.6 Å². The SMILES string of the molecule is CCCCn1cc[n+](CSCCC)c1. The lowest BCUT2D eigenvalue weighted by molar-refractivity contribution is -0.675. The van der Waals surface area contributed by atoms with E-state index in [1.165, 1.54) is 25.0 Å². The summed E-state index contributed by atoms with van der Waals surface area (Å²) in [7, 11) is 0. The van der Waals surface area contributed by atoms with Crippen LogP contribution in [0.5, 0.6) is 0 Å². The first-order chi connectivity index (χ1) is 6.86. The van der Waals surface area contributed by atoms with E-state index in [1.807, 2.05) is 11.8 Å². The second-order valence-electron chi connectivity index (χ2n) is 3.56. The molecule has 0 spiro atoms. The monoisotopic (exact) mass is 213 g/mol. The van der Waals surface area contributed by atoms with Gasteiger partial charge in [0.25, 0.3) is 0 Å². The van der Waals surface area contributed by atoms with Crippen LogP contribution in [0.4, 0.5) is 0 Å². The summed E-state index contributed by atoms with van der Waals surface area (Å²) in [4.78, 5) is 0. The first-order valence-electron chi connectivity index (χ1n) is 5.49. The van der Waals surface area contributed by atoms with Crippen molar-refractivity contribution in [1.29, 1.82) is 0 Å². The fourth-order valence-corrected chi connectivity index (χ4v) is 2.08. The summed E-state index contributed by atoms with van der Waals surface area (Å²) in [5.41, 5.74) is 0. The van der Waals surface area contributed by atoms with Gasteiger partial charge in [0.2, 0.25) is 6.33 Å². The molecule has 3 heteroatoms. The minimum Gasteiger partial charge on any atom is -0.237 e. The molecule has 14 heavy (non-hydrogen) atoms. The molecular weight excluding hydrogens is 192 g/mol.